The summed E-state index contributed by atoms with van der Waals surface area (Å²) in [5.41, 5.74) is 3.86. The minimum Gasteiger partial charge on any atom is -0.395 e. The van der Waals surface area contributed by atoms with Gasteiger partial charge in [0.2, 0.25) is 0 Å². The number of halogens is 4. The van der Waals surface area contributed by atoms with Crippen molar-refractivity contribution < 1.29 is 13.2 Å². The van der Waals surface area contributed by atoms with E-state index in [1.807, 2.05) is 0 Å². The Bertz CT molecular complexity index is 303. The molecule has 0 aliphatic heterocycles. The van der Waals surface area contributed by atoms with Crippen LogP contribution in [0.25, 0.3) is 0 Å². The summed E-state index contributed by atoms with van der Waals surface area (Å²) in [6, 6.07) is 0. The molecular formula is C6H4BrF3N2. The number of nitrogens with zero attached hydrogens (tertiary/aromatic N) is 1. The second kappa shape index (κ2) is 3.30. The Morgan fingerprint density at radius 1 is 1.50 bits per heavy atom. The van der Waals surface area contributed by atoms with Crippen LogP contribution < -0.4 is 5.73 Å². The molecule has 1 aromatic rings. The lowest BCUT2D eigenvalue weighted by molar-refractivity contribution is 0.145. The van der Waals surface area contributed by atoms with Crippen LogP contribution in [0.15, 0.2) is 10.8 Å². The third-order valence-electron chi connectivity index (χ3n) is 1.25. The first kappa shape index (κ1) is 9.31. The second-order valence-corrected chi connectivity index (χ2v) is 2.78. The van der Waals surface area contributed by atoms with E-state index in [1.165, 1.54) is 0 Å². The predicted octanol–water partition coefficient (Wildman–Crippen LogP) is 2.50. The number of hydrogen-bond acceptors (Lipinski definition) is 2. The number of anilines is 1. The van der Waals surface area contributed by atoms with Crippen molar-refractivity contribution in [3.63, 3.8) is 0 Å². The zero-order valence-electron chi connectivity index (χ0n) is 5.69. The summed E-state index contributed by atoms with van der Waals surface area (Å²) in [4.78, 5) is 3.43. The highest BCUT2D eigenvalue weighted by Crippen LogP contribution is 2.30. The van der Waals surface area contributed by atoms with Crippen LogP contribution in [0.5, 0.6) is 0 Å². The monoisotopic (exact) mass is 240 g/mol. The Labute approximate surface area is 74.7 Å². The highest BCUT2D eigenvalue weighted by atomic mass is 79.9. The molecule has 0 atom stereocenters. The standard InChI is InChI=1S/C6H4BrF3N2/c7-5-3(6(9)10)4(8)2(11)1-12-5/h1,6H,11H2. The van der Waals surface area contributed by atoms with Gasteiger partial charge in [-0.1, -0.05) is 0 Å². The van der Waals surface area contributed by atoms with Crippen molar-refractivity contribution >= 4 is 21.6 Å². The molecule has 2 N–H and O–H groups in total. The fraction of sp³-hybridized carbons (Fsp3) is 0.167. The number of alkyl halides is 2. The number of aromatic nitrogens is 1. The van der Waals surface area contributed by atoms with E-state index in [9.17, 15) is 13.2 Å². The van der Waals surface area contributed by atoms with Crippen LogP contribution in [-0.2, 0) is 0 Å². The van der Waals surface area contributed by atoms with Crippen LogP contribution >= 0.6 is 15.9 Å². The third kappa shape index (κ3) is 1.52. The highest BCUT2D eigenvalue weighted by molar-refractivity contribution is 9.10. The second-order valence-electron chi connectivity index (χ2n) is 2.03. The molecule has 2 nitrogen and oxygen atoms in total. The van der Waals surface area contributed by atoms with E-state index >= 15 is 0 Å². The largest absolute Gasteiger partial charge is 0.395 e. The molecule has 12 heavy (non-hydrogen) atoms. The lowest BCUT2D eigenvalue weighted by Crippen LogP contribution is -2.00. The Hall–Kier alpha value is -0.780. The van der Waals surface area contributed by atoms with Crippen LogP contribution in [0.1, 0.15) is 12.0 Å². The summed E-state index contributed by atoms with van der Waals surface area (Å²) in [6.07, 6.45) is -1.94. The Morgan fingerprint density at radius 2 is 2.08 bits per heavy atom. The van der Waals surface area contributed by atoms with Crippen molar-refractivity contribution in [3.05, 3.63) is 22.2 Å². The number of hydrogen-bond donors (Lipinski definition) is 1. The molecule has 0 saturated carbocycles. The summed E-state index contributed by atoms with van der Waals surface area (Å²) < 4.78 is 36.8. The van der Waals surface area contributed by atoms with Gasteiger partial charge in [0.25, 0.3) is 6.43 Å². The lowest BCUT2D eigenvalue weighted by atomic mass is 10.2. The fourth-order valence-corrected chi connectivity index (χ4v) is 1.13. The van der Waals surface area contributed by atoms with Gasteiger partial charge in [0, 0.05) is 0 Å². The topological polar surface area (TPSA) is 38.9 Å². The van der Waals surface area contributed by atoms with Gasteiger partial charge in [0.05, 0.1) is 17.4 Å². The van der Waals surface area contributed by atoms with Crippen molar-refractivity contribution in [1.29, 1.82) is 0 Å². The minimum atomic E-state index is -2.92. The first-order valence-electron chi connectivity index (χ1n) is 2.91. The molecule has 0 aromatic carbocycles. The van der Waals surface area contributed by atoms with E-state index in [4.69, 9.17) is 5.73 Å². The Kier molecular flexibility index (Phi) is 2.56. The maximum Gasteiger partial charge on any atom is 0.269 e. The summed E-state index contributed by atoms with van der Waals surface area (Å²) in [7, 11) is 0. The van der Waals surface area contributed by atoms with E-state index in [0.29, 0.717) is 0 Å². The molecule has 0 fully saturated rings. The van der Waals surface area contributed by atoms with E-state index in [-0.39, 0.29) is 10.3 Å². The summed E-state index contributed by atoms with van der Waals surface area (Å²) in [5.74, 6) is -1.12. The van der Waals surface area contributed by atoms with Crippen molar-refractivity contribution in [2.75, 3.05) is 5.73 Å². The van der Waals surface area contributed by atoms with Gasteiger partial charge in [-0.25, -0.2) is 18.2 Å². The van der Waals surface area contributed by atoms with Gasteiger partial charge < -0.3 is 5.73 Å². The van der Waals surface area contributed by atoms with Crippen molar-refractivity contribution in [2.45, 2.75) is 6.43 Å². The number of nitrogens with two attached hydrogens (primary N) is 1. The van der Waals surface area contributed by atoms with E-state index in [1.54, 1.807) is 0 Å². The molecule has 1 heterocycles. The average Bonchev–Trinajstić information content (AvgIpc) is 1.97. The lowest BCUT2D eigenvalue weighted by Gasteiger charge is -2.05. The molecule has 1 rings (SSSR count). The summed E-state index contributed by atoms with van der Waals surface area (Å²) in [6.45, 7) is 0. The van der Waals surface area contributed by atoms with Gasteiger partial charge in [-0.3, -0.25) is 0 Å². The van der Waals surface area contributed by atoms with Crippen LogP contribution in [0.2, 0.25) is 0 Å². The minimum absolute atomic E-state index is 0.218. The molecule has 0 aliphatic rings. The number of nitrogen functional groups attached to an aromatic ring is 1. The molecule has 0 amide bonds. The molecular weight excluding hydrogens is 237 g/mol. The molecule has 0 saturated heterocycles. The summed E-state index contributed by atoms with van der Waals surface area (Å²) >= 11 is 2.70. The molecule has 0 spiro atoms. The fourth-order valence-electron chi connectivity index (χ4n) is 0.684. The quantitative estimate of drug-likeness (QED) is 0.767. The number of rotatable bonds is 1. The molecule has 66 valence electrons. The SMILES string of the molecule is Nc1cnc(Br)c(C(F)F)c1F. The first-order valence-corrected chi connectivity index (χ1v) is 3.71. The normalized spacial score (nSPS) is 10.8. The molecule has 0 bridgehead atoms. The first-order chi connectivity index (χ1) is 5.54. The molecule has 0 radical (unpaired) electrons. The van der Waals surface area contributed by atoms with Gasteiger partial charge in [0.15, 0.2) is 5.82 Å². The highest BCUT2D eigenvalue weighted by Gasteiger charge is 2.20. The van der Waals surface area contributed by atoms with Crippen LogP contribution in [-0.4, -0.2) is 4.98 Å². The van der Waals surface area contributed by atoms with Crippen molar-refractivity contribution in [2.24, 2.45) is 0 Å². The van der Waals surface area contributed by atoms with Gasteiger partial charge in [-0.15, -0.1) is 0 Å². The van der Waals surface area contributed by atoms with Crippen LogP contribution in [0.4, 0.5) is 18.9 Å². The summed E-state index contributed by atoms with van der Waals surface area (Å²) in [5, 5.41) is 0. The average molecular weight is 241 g/mol. The van der Waals surface area contributed by atoms with Gasteiger partial charge in [0.1, 0.15) is 4.60 Å². The van der Waals surface area contributed by atoms with E-state index in [2.05, 4.69) is 20.9 Å². The Balaban J connectivity index is 3.33. The molecule has 0 unspecified atom stereocenters. The van der Waals surface area contributed by atoms with Crippen LogP contribution in [0.3, 0.4) is 0 Å². The van der Waals surface area contributed by atoms with Crippen LogP contribution in [0, 0.1) is 5.82 Å². The smallest absolute Gasteiger partial charge is 0.269 e. The maximum absolute atomic E-state index is 12.8. The predicted molar refractivity (Wildman–Crippen MR) is 41.3 cm³/mol. The molecule has 1 aromatic heterocycles. The van der Waals surface area contributed by atoms with Gasteiger partial charge in [-0.05, 0) is 15.9 Å². The molecule has 0 aliphatic carbocycles. The number of pyridine rings is 1. The molecule has 6 heteroatoms. The van der Waals surface area contributed by atoms with Crippen molar-refractivity contribution in [1.82, 2.24) is 4.98 Å². The van der Waals surface area contributed by atoms with Crippen molar-refractivity contribution in [3.8, 4) is 0 Å². The van der Waals surface area contributed by atoms with E-state index < -0.39 is 17.8 Å². The third-order valence-corrected chi connectivity index (χ3v) is 1.88. The van der Waals surface area contributed by atoms with Gasteiger partial charge in [-0.2, -0.15) is 0 Å². The maximum atomic E-state index is 12.8. The zero-order chi connectivity index (χ0) is 9.30. The Morgan fingerprint density at radius 3 is 2.50 bits per heavy atom. The zero-order valence-corrected chi connectivity index (χ0v) is 7.28. The van der Waals surface area contributed by atoms with Gasteiger partial charge >= 0.3 is 0 Å². The van der Waals surface area contributed by atoms with E-state index in [0.717, 1.165) is 6.20 Å².